The topological polar surface area (TPSA) is 129 Å². The molecule has 0 unspecified atom stereocenters. The van der Waals surface area contributed by atoms with Crippen molar-refractivity contribution in [3.63, 3.8) is 0 Å². The SMILES string of the molecule is CC(C)[C@H](NS(=O)(=O)c1ccc(-c2sc(C(=O)NCC(C)(C)O)nc2C(=O)N2CCC(F)CC2)c(Cl)c1Cl)C(F)(F)F. The lowest BCUT2D eigenvalue weighted by Gasteiger charge is -2.28. The molecule has 234 valence electrons. The molecule has 1 atom stereocenters. The molecule has 1 aromatic heterocycles. The lowest BCUT2D eigenvalue weighted by atomic mass is 10.1. The van der Waals surface area contributed by atoms with Gasteiger partial charge in [0.15, 0.2) is 5.01 Å². The summed E-state index contributed by atoms with van der Waals surface area (Å²) >= 11 is 13.5. The zero-order valence-corrected chi connectivity index (χ0v) is 26.1. The van der Waals surface area contributed by atoms with E-state index in [1.807, 2.05) is 0 Å². The number of nitrogens with one attached hydrogen (secondary N) is 2. The minimum Gasteiger partial charge on any atom is -0.389 e. The molecule has 0 radical (unpaired) electrons. The third-order valence-electron chi connectivity index (χ3n) is 6.30. The molecule has 2 aromatic rings. The Morgan fingerprint density at radius 1 is 1.17 bits per heavy atom. The second-order valence-electron chi connectivity index (χ2n) is 10.8. The number of aromatic nitrogens is 1. The number of amides is 2. The molecule has 1 fully saturated rings. The van der Waals surface area contributed by atoms with Gasteiger partial charge in [0.2, 0.25) is 10.0 Å². The van der Waals surface area contributed by atoms with Crippen molar-refractivity contribution in [2.24, 2.45) is 5.92 Å². The van der Waals surface area contributed by atoms with E-state index in [2.05, 4.69) is 10.3 Å². The van der Waals surface area contributed by atoms with E-state index in [1.165, 1.54) is 32.6 Å². The number of rotatable bonds is 9. The van der Waals surface area contributed by atoms with Crippen LogP contribution in [0.5, 0.6) is 0 Å². The number of aliphatic hydroxyl groups is 1. The summed E-state index contributed by atoms with van der Waals surface area (Å²) < 4.78 is 81.6. The maximum atomic E-state index is 13.7. The number of halogens is 6. The van der Waals surface area contributed by atoms with Crippen LogP contribution in [0, 0.1) is 5.92 Å². The van der Waals surface area contributed by atoms with E-state index in [9.17, 15) is 40.7 Å². The van der Waals surface area contributed by atoms with E-state index in [0.29, 0.717) is 0 Å². The summed E-state index contributed by atoms with van der Waals surface area (Å²) in [6.45, 7) is 5.37. The first-order chi connectivity index (χ1) is 19.2. The van der Waals surface area contributed by atoms with Gasteiger partial charge >= 0.3 is 6.18 Å². The molecule has 2 heterocycles. The monoisotopic (exact) mass is 676 g/mol. The van der Waals surface area contributed by atoms with Crippen LogP contribution in [-0.2, 0) is 10.0 Å². The third kappa shape index (κ3) is 8.11. The number of likely N-dealkylation sites (tertiary alicyclic amines) is 1. The first-order valence-electron chi connectivity index (χ1n) is 12.7. The molecule has 0 bridgehead atoms. The Bertz CT molecular complexity index is 1440. The molecule has 0 spiro atoms. The van der Waals surface area contributed by atoms with Gasteiger partial charge in [-0.25, -0.2) is 17.8 Å². The number of benzene rings is 1. The number of carbonyl (C=O) groups is 2. The van der Waals surface area contributed by atoms with Gasteiger partial charge in [-0.1, -0.05) is 43.1 Å². The number of sulfonamides is 1. The summed E-state index contributed by atoms with van der Waals surface area (Å²) in [6, 6.07) is -0.311. The third-order valence-corrected chi connectivity index (χ3v) is 9.86. The Kier molecular flexibility index (Phi) is 10.6. The zero-order valence-electron chi connectivity index (χ0n) is 23.0. The summed E-state index contributed by atoms with van der Waals surface area (Å²) in [5, 5.41) is 11.2. The van der Waals surface area contributed by atoms with Crippen LogP contribution in [0.1, 0.15) is 60.8 Å². The van der Waals surface area contributed by atoms with Gasteiger partial charge in [-0.2, -0.15) is 17.9 Å². The summed E-state index contributed by atoms with van der Waals surface area (Å²) in [4.78, 5) is 31.1. The molecule has 1 aliphatic rings. The molecule has 3 rings (SSSR count). The summed E-state index contributed by atoms with van der Waals surface area (Å²) in [5.74, 6) is -2.49. The van der Waals surface area contributed by atoms with Gasteiger partial charge in [-0.15, -0.1) is 11.3 Å². The van der Waals surface area contributed by atoms with Crippen molar-refractivity contribution in [3.05, 3.63) is 32.9 Å². The number of thiazole rings is 1. The van der Waals surface area contributed by atoms with Crippen LogP contribution < -0.4 is 10.0 Å². The summed E-state index contributed by atoms with van der Waals surface area (Å²) in [5.41, 5.74) is -1.48. The molecular weight excluding hydrogens is 647 g/mol. The van der Waals surface area contributed by atoms with Crippen molar-refractivity contribution in [1.29, 1.82) is 0 Å². The molecule has 42 heavy (non-hydrogen) atoms. The van der Waals surface area contributed by atoms with E-state index in [0.717, 1.165) is 23.5 Å². The normalized spacial score (nSPS) is 16.1. The highest BCUT2D eigenvalue weighted by molar-refractivity contribution is 7.89. The van der Waals surface area contributed by atoms with Crippen molar-refractivity contribution < 1.29 is 40.7 Å². The largest absolute Gasteiger partial charge is 0.405 e. The van der Waals surface area contributed by atoms with Crippen LogP contribution >= 0.6 is 34.5 Å². The van der Waals surface area contributed by atoms with Gasteiger partial charge in [0.25, 0.3) is 11.8 Å². The Balaban J connectivity index is 2.08. The van der Waals surface area contributed by atoms with E-state index in [4.69, 9.17) is 23.2 Å². The smallest absolute Gasteiger partial charge is 0.389 e. The Labute approximate surface area is 254 Å². The zero-order chi connectivity index (χ0) is 31.8. The van der Waals surface area contributed by atoms with Crippen molar-refractivity contribution in [1.82, 2.24) is 19.9 Å². The quantitative estimate of drug-likeness (QED) is 0.319. The number of alkyl halides is 4. The molecule has 1 aliphatic heterocycles. The molecule has 3 N–H and O–H groups in total. The van der Waals surface area contributed by atoms with Gasteiger partial charge in [0, 0.05) is 25.2 Å². The lowest BCUT2D eigenvalue weighted by molar-refractivity contribution is -0.160. The van der Waals surface area contributed by atoms with E-state index in [1.54, 1.807) is 4.72 Å². The molecule has 1 aromatic carbocycles. The number of carbonyl (C=O) groups excluding carboxylic acids is 2. The van der Waals surface area contributed by atoms with Crippen molar-refractivity contribution in [2.45, 2.75) is 69.4 Å². The van der Waals surface area contributed by atoms with Gasteiger partial charge in [-0.3, -0.25) is 9.59 Å². The lowest BCUT2D eigenvalue weighted by Crippen LogP contribution is -2.48. The number of nitrogens with zero attached hydrogens (tertiary/aromatic N) is 2. The average Bonchev–Trinajstić information content (AvgIpc) is 3.31. The molecule has 1 saturated heterocycles. The fourth-order valence-corrected chi connectivity index (χ4v) is 7.34. The highest BCUT2D eigenvalue weighted by atomic mass is 35.5. The second-order valence-corrected chi connectivity index (χ2v) is 14.2. The molecular formula is C25H30Cl2F4N4O5S2. The fourth-order valence-electron chi connectivity index (χ4n) is 4.04. The molecule has 0 aliphatic carbocycles. The van der Waals surface area contributed by atoms with Crippen LogP contribution in [0.3, 0.4) is 0 Å². The highest BCUT2D eigenvalue weighted by Gasteiger charge is 2.44. The first-order valence-corrected chi connectivity index (χ1v) is 15.8. The standard InChI is InChI=1S/C25H30Cl2F4N4O5S2/c1-12(2)20(25(29,30)31)34-42(39,40)15-6-5-14(16(26)17(15)27)19-18(23(37)35-9-7-13(28)8-10-35)33-22(41-19)21(36)32-11-24(3,4)38/h5-6,12-13,20,34,38H,7-11H2,1-4H3,(H,32,36)/t20-/m0/s1. The predicted molar refractivity (Wildman–Crippen MR) is 151 cm³/mol. The average molecular weight is 678 g/mol. The van der Waals surface area contributed by atoms with Gasteiger partial charge in [0.1, 0.15) is 22.8 Å². The maximum absolute atomic E-state index is 13.7. The first kappa shape index (κ1) is 34.5. The predicted octanol–water partition coefficient (Wildman–Crippen LogP) is 5.06. The number of piperidine rings is 1. The number of hydrogen-bond donors (Lipinski definition) is 3. The summed E-state index contributed by atoms with van der Waals surface area (Å²) in [6.07, 6.45) is -5.75. The Morgan fingerprint density at radius 2 is 1.76 bits per heavy atom. The molecule has 0 saturated carbocycles. The molecule has 2 amide bonds. The van der Waals surface area contributed by atoms with Gasteiger partial charge in [0.05, 0.1) is 20.5 Å². The molecule has 17 heteroatoms. The minimum atomic E-state index is -4.88. The van der Waals surface area contributed by atoms with Crippen LogP contribution in [-0.4, -0.2) is 78.8 Å². The second kappa shape index (κ2) is 12.9. The van der Waals surface area contributed by atoms with Crippen molar-refractivity contribution >= 4 is 56.4 Å². The van der Waals surface area contributed by atoms with Crippen LogP contribution in [0.25, 0.3) is 10.4 Å². The van der Waals surface area contributed by atoms with Crippen LogP contribution in [0.4, 0.5) is 17.6 Å². The van der Waals surface area contributed by atoms with Gasteiger partial charge < -0.3 is 15.3 Å². The number of hydrogen-bond acceptors (Lipinski definition) is 7. The van der Waals surface area contributed by atoms with Crippen molar-refractivity contribution in [2.75, 3.05) is 19.6 Å². The minimum absolute atomic E-state index is 0.000358. The summed E-state index contributed by atoms with van der Waals surface area (Å²) in [7, 11) is -4.82. The van der Waals surface area contributed by atoms with E-state index >= 15 is 0 Å². The Hall–Kier alpha value is -2.04. The fraction of sp³-hybridized carbons (Fsp3) is 0.560. The van der Waals surface area contributed by atoms with Crippen LogP contribution in [0.2, 0.25) is 10.0 Å². The van der Waals surface area contributed by atoms with Gasteiger partial charge in [-0.05, 0) is 38.7 Å². The van der Waals surface area contributed by atoms with Crippen molar-refractivity contribution in [3.8, 4) is 10.4 Å². The maximum Gasteiger partial charge on any atom is 0.405 e. The molecule has 9 nitrogen and oxygen atoms in total. The van der Waals surface area contributed by atoms with E-state index < -0.39 is 66.7 Å². The van der Waals surface area contributed by atoms with Crippen LogP contribution in [0.15, 0.2) is 17.0 Å². The Morgan fingerprint density at radius 3 is 2.29 bits per heavy atom. The highest BCUT2D eigenvalue weighted by Crippen LogP contribution is 2.42. The van der Waals surface area contributed by atoms with E-state index in [-0.39, 0.29) is 53.6 Å².